The van der Waals surface area contributed by atoms with Gasteiger partial charge in [-0.25, -0.2) is 13.3 Å². The molecule has 0 spiro atoms. The van der Waals surface area contributed by atoms with Gasteiger partial charge in [0.05, 0.1) is 10.9 Å². The molecule has 5 aromatic rings. The largest absolute Gasteiger partial charge is 0.455 e. The maximum atomic E-state index is 14.6. The van der Waals surface area contributed by atoms with Crippen LogP contribution < -0.4 is 4.57 Å². The number of aromatic nitrogens is 1. The van der Waals surface area contributed by atoms with Crippen molar-refractivity contribution in [2.24, 2.45) is 7.05 Å². The van der Waals surface area contributed by atoms with Crippen LogP contribution in [0, 0.1) is 32.4 Å². The third-order valence-corrected chi connectivity index (χ3v) is 5.96. The fraction of sp³-hybridized carbons (Fsp3) is 0.148. The predicted molar refractivity (Wildman–Crippen MR) is 120 cm³/mol. The second kappa shape index (κ2) is 7.02. The number of hydrogen-bond acceptors (Lipinski definition) is 1. The molecule has 0 unspecified atom stereocenters. The summed E-state index contributed by atoms with van der Waals surface area (Å²) in [5, 5.41) is 0.955. The van der Waals surface area contributed by atoms with E-state index in [1.165, 1.54) is 11.6 Å². The summed E-state index contributed by atoms with van der Waals surface area (Å²) in [5.74, 6) is -1.26. The molecule has 31 heavy (non-hydrogen) atoms. The maximum absolute atomic E-state index is 14.6. The van der Waals surface area contributed by atoms with Gasteiger partial charge in [0.2, 0.25) is 5.69 Å². The topological polar surface area (TPSA) is 17.0 Å². The lowest BCUT2D eigenvalue weighted by molar-refractivity contribution is -0.660. The fourth-order valence-corrected chi connectivity index (χ4v) is 4.38. The zero-order chi connectivity index (χ0) is 21.9. The highest BCUT2D eigenvalue weighted by molar-refractivity contribution is 6.10. The van der Waals surface area contributed by atoms with Crippen LogP contribution >= 0.6 is 0 Å². The summed E-state index contributed by atoms with van der Waals surface area (Å²) in [4.78, 5) is 0. The number of nitrogens with zero attached hydrogens (tertiary/aromatic N) is 1. The van der Waals surface area contributed by atoms with E-state index in [1.807, 2.05) is 26.1 Å². The van der Waals surface area contributed by atoms with Crippen LogP contribution in [0.3, 0.4) is 0 Å². The van der Waals surface area contributed by atoms with Crippen LogP contribution in [0.4, 0.5) is 8.78 Å². The molecule has 0 bridgehead atoms. The highest BCUT2D eigenvalue weighted by Crippen LogP contribution is 2.39. The van der Waals surface area contributed by atoms with E-state index in [-0.39, 0.29) is 5.58 Å². The van der Waals surface area contributed by atoms with E-state index in [9.17, 15) is 8.78 Å². The fourth-order valence-electron chi connectivity index (χ4n) is 4.38. The number of halogens is 2. The average molecular weight is 414 g/mol. The third kappa shape index (κ3) is 3.10. The van der Waals surface area contributed by atoms with Crippen molar-refractivity contribution < 1.29 is 17.8 Å². The van der Waals surface area contributed by atoms with Gasteiger partial charge in [-0.05, 0) is 37.5 Å². The van der Waals surface area contributed by atoms with Crippen molar-refractivity contribution in [2.75, 3.05) is 0 Å². The monoisotopic (exact) mass is 414 g/mol. The summed E-state index contributed by atoms with van der Waals surface area (Å²) >= 11 is 0. The van der Waals surface area contributed by atoms with Crippen molar-refractivity contribution in [1.29, 1.82) is 0 Å². The summed E-state index contributed by atoms with van der Waals surface area (Å²) in [6.07, 6.45) is 2.09. The summed E-state index contributed by atoms with van der Waals surface area (Å²) < 4.78 is 36.5. The van der Waals surface area contributed by atoms with Gasteiger partial charge in [-0.15, -0.1) is 0 Å². The minimum atomic E-state index is -0.648. The highest BCUT2D eigenvalue weighted by Gasteiger charge is 2.24. The Bertz CT molecular complexity index is 1480. The lowest BCUT2D eigenvalue weighted by Crippen LogP contribution is -2.31. The molecule has 0 fully saturated rings. The number of pyridine rings is 1. The first kappa shape index (κ1) is 19.4. The Morgan fingerprint density at radius 3 is 2.32 bits per heavy atom. The zero-order valence-electron chi connectivity index (χ0n) is 17.9. The van der Waals surface area contributed by atoms with E-state index in [0.29, 0.717) is 16.4 Å². The first-order valence-corrected chi connectivity index (χ1v) is 10.2. The van der Waals surface area contributed by atoms with Crippen LogP contribution in [0.15, 0.2) is 65.2 Å². The average Bonchev–Trinajstić information content (AvgIpc) is 3.08. The quantitative estimate of drug-likeness (QED) is 0.286. The Morgan fingerprint density at radius 2 is 1.58 bits per heavy atom. The molecule has 154 valence electrons. The smallest absolute Gasteiger partial charge is 0.216 e. The van der Waals surface area contributed by atoms with E-state index < -0.39 is 11.6 Å². The molecule has 0 atom stereocenters. The highest BCUT2D eigenvalue weighted by atomic mass is 19.1. The molecule has 2 heterocycles. The molecule has 4 heteroatoms. The summed E-state index contributed by atoms with van der Waals surface area (Å²) in [5.41, 5.74) is 8.22. The molecule has 0 aliphatic heterocycles. The molecule has 0 radical (unpaired) electrons. The van der Waals surface area contributed by atoms with Gasteiger partial charge < -0.3 is 4.42 Å². The van der Waals surface area contributed by atoms with Gasteiger partial charge in [0, 0.05) is 29.1 Å². The zero-order valence-corrected chi connectivity index (χ0v) is 17.9. The van der Waals surface area contributed by atoms with Crippen LogP contribution in [0.5, 0.6) is 0 Å². The molecule has 0 saturated carbocycles. The Balaban J connectivity index is 1.83. The van der Waals surface area contributed by atoms with Crippen LogP contribution in [-0.2, 0) is 7.05 Å². The summed E-state index contributed by atoms with van der Waals surface area (Å²) in [6, 6.07) is 16.5. The van der Waals surface area contributed by atoms with Crippen molar-refractivity contribution in [3.8, 4) is 22.4 Å². The first-order valence-electron chi connectivity index (χ1n) is 10.2. The number of benzene rings is 3. The standard InChI is InChI=1S/C27H22F2NO/c1-15-5-8-18(9-6-15)21-13-23(30(4)14-17(21)3)25-16(2)7-10-20-26-22(29)11-19(28)12-24(26)31-27(20)25/h5-14H,1-4H3/q+1. The number of hydrogen-bond donors (Lipinski definition) is 0. The van der Waals surface area contributed by atoms with E-state index in [0.717, 1.165) is 39.6 Å². The molecular weight excluding hydrogens is 392 g/mol. The van der Waals surface area contributed by atoms with Gasteiger partial charge in [-0.3, -0.25) is 0 Å². The minimum absolute atomic E-state index is 0.216. The number of furan rings is 1. The minimum Gasteiger partial charge on any atom is -0.455 e. The number of fused-ring (bicyclic) bond motifs is 3. The van der Waals surface area contributed by atoms with Gasteiger partial charge in [-0.1, -0.05) is 42.0 Å². The Morgan fingerprint density at radius 1 is 0.839 bits per heavy atom. The van der Waals surface area contributed by atoms with Crippen molar-refractivity contribution in [1.82, 2.24) is 0 Å². The third-order valence-electron chi connectivity index (χ3n) is 5.96. The Hall–Kier alpha value is -3.53. The SMILES string of the molecule is Cc1ccc(-c2cc(-c3c(C)ccc4c3oc3cc(F)cc(F)c34)[n+](C)cc2C)cc1. The molecule has 0 aliphatic rings. The summed E-state index contributed by atoms with van der Waals surface area (Å²) in [7, 11) is 1.99. The van der Waals surface area contributed by atoms with Gasteiger partial charge in [0.25, 0.3) is 0 Å². The van der Waals surface area contributed by atoms with Crippen molar-refractivity contribution in [3.63, 3.8) is 0 Å². The molecule has 3 aromatic carbocycles. The van der Waals surface area contributed by atoms with E-state index in [4.69, 9.17) is 4.42 Å². The van der Waals surface area contributed by atoms with Crippen LogP contribution in [0.1, 0.15) is 16.7 Å². The van der Waals surface area contributed by atoms with Gasteiger partial charge in [0.1, 0.15) is 29.8 Å². The van der Waals surface area contributed by atoms with Crippen molar-refractivity contribution in [2.45, 2.75) is 20.8 Å². The van der Waals surface area contributed by atoms with Crippen LogP contribution in [0.2, 0.25) is 0 Å². The van der Waals surface area contributed by atoms with Crippen LogP contribution in [0.25, 0.3) is 44.3 Å². The second-order valence-electron chi connectivity index (χ2n) is 8.23. The van der Waals surface area contributed by atoms with E-state index in [1.54, 1.807) is 0 Å². The van der Waals surface area contributed by atoms with E-state index in [2.05, 4.69) is 54.9 Å². The molecule has 0 aliphatic carbocycles. The molecule has 5 rings (SSSR count). The first-order chi connectivity index (χ1) is 14.8. The van der Waals surface area contributed by atoms with Crippen molar-refractivity contribution in [3.05, 3.63) is 89.1 Å². The lowest BCUT2D eigenvalue weighted by Gasteiger charge is -2.10. The lowest BCUT2D eigenvalue weighted by atomic mass is 9.95. The Labute approximate surface area is 179 Å². The Kier molecular flexibility index (Phi) is 4.40. The van der Waals surface area contributed by atoms with E-state index >= 15 is 0 Å². The van der Waals surface area contributed by atoms with Gasteiger partial charge in [0.15, 0.2) is 6.20 Å². The second-order valence-corrected chi connectivity index (χ2v) is 8.23. The molecular formula is C27H22F2NO+. The normalized spacial score (nSPS) is 11.5. The number of rotatable bonds is 2. The molecule has 0 saturated heterocycles. The summed E-state index contributed by atoms with van der Waals surface area (Å²) in [6.45, 7) is 6.16. The predicted octanol–water partition coefficient (Wildman–Crippen LogP) is 6.95. The maximum Gasteiger partial charge on any atom is 0.216 e. The molecule has 2 aromatic heterocycles. The molecule has 0 amide bonds. The van der Waals surface area contributed by atoms with Crippen LogP contribution in [-0.4, -0.2) is 0 Å². The van der Waals surface area contributed by atoms with Gasteiger partial charge >= 0.3 is 0 Å². The molecule has 0 N–H and O–H groups in total. The van der Waals surface area contributed by atoms with Crippen molar-refractivity contribution >= 4 is 21.9 Å². The van der Waals surface area contributed by atoms with Gasteiger partial charge in [-0.2, -0.15) is 0 Å². The molecule has 2 nitrogen and oxygen atoms in total. The number of aryl methyl sites for hydroxylation is 4.